The second-order valence-electron chi connectivity index (χ2n) is 8.05. The van der Waals surface area contributed by atoms with Crippen molar-refractivity contribution in [2.75, 3.05) is 51.2 Å². The first-order valence-electron chi connectivity index (χ1n) is 11.1. The van der Waals surface area contributed by atoms with E-state index in [1.165, 1.54) is 0 Å². The van der Waals surface area contributed by atoms with Gasteiger partial charge in [0.15, 0.2) is 5.96 Å². The van der Waals surface area contributed by atoms with Crippen molar-refractivity contribution in [2.24, 2.45) is 4.99 Å². The van der Waals surface area contributed by atoms with Crippen molar-refractivity contribution in [3.8, 4) is 0 Å². The van der Waals surface area contributed by atoms with Gasteiger partial charge in [-0.1, -0.05) is 32.8 Å². The van der Waals surface area contributed by atoms with Crippen molar-refractivity contribution in [1.29, 1.82) is 0 Å². The molecule has 0 saturated carbocycles. The topological polar surface area (TPSA) is 76.0 Å². The van der Waals surface area contributed by atoms with Crippen LogP contribution in [0.1, 0.15) is 52.0 Å². The van der Waals surface area contributed by atoms with Gasteiger partial charge in [0.25, 0.3) is 0 Å². The predicted molar refractivity (Wildman–Crippen MR) is 137 cm³/mol. The van der Waals surface area contributed by atoms with Gasteiger partial charge in [-0.2, -0.15) is 0 Å². The molecule has 1 aliphatic rings. The molecule has 2 heterocycles. The fourth-order valence-electron chi connectivity index (χ4n) is 3.84. The lowest BCUT2D eigenvalue weighted by Crippen LogP contribution is -2.47. The number of guanidine groups is 1. The number of aliphatic hydroxyl groups is 1. The molecule has 30 heavy (non-hydrogen) atoms. The van der Waals surface area contributed by atoms with Gasteiger partial charge in [-0.05, 0) is 32.9 Å². The van der Waals surface area contributed by atoms with Crippen LogP contribution in [0.25, 0.3) is 0 Å². The predicted octanol–water partition coefficient (Wildman–Crippen LogP) is 2.84. The molecular weight excluding hydrogens is 491 g/mol. The molecule has 0 spiro atoms. The molecule has 1 aromatic rings. The van der Waals surface area contributed by atoms with Gasteiger partial charge in [-0.15, -0.1) is 24.0 Å². The van der Waals surface area contributed by atoms with E-state index in [2.05, 4.69) is 59.3 Å². The Hall–Kier alpha value is -1.13. The van der Waals surface area contributed by atoms with Crippen LogP contribution < -0.4 is 15.5 Å². The fraction of sp³-hybridized carbons (Fsp3) is 0.727. The third kappa shape index (κ3) is 8.55. The standard InChI is InChI=1S/C22H40N6O.HI/c1-5-10-22(29,11-6-2)18-26-21(23-7-3)25-17-19-9-8-12-24-20(19)28-15-13-27(4)14-16-28;/h8-9,12,29H,5-7,10-11,13-18H2,1-4H3,(H2,23,25,26);1H. The summed E-state index contributed by atoms with van der Waals surface area (Å²) in [6.45, 7) is 12.2. The summed E-state index contributed by atoms with van der Waals surface area (Å²) < 4.78 is 0. The number of pyridine rings is 1. The van der Waals surface area contributed by atoms with E-state index in [1.807, 2.05) is 12.3 Å². The van der Waals surface area contributed by atoms with Crippen molar-refractivity contribution in [2.45, 2.75) is 58.6 Å². The number of aromatic nitrogens is 1. The van der Waals surface area contributed by atoms with Crippen molar-refractivity contribution in [3.63, 3.8) is 0 Å². The Morgan fingerprint density at radius 2 is 1.80 bits per heavy atom. The lowest BCUT2D eigenvalue weighted by molar-refractivity contribution is 0.0257. The number of rotatable bonds is 10. The van der Waals surface area contributed by atoms with Gasteiger partial charge >= 0.3 is 0 Å². The van der Waals surface area contributed by atoms with Crippen molar-refractivity contribution < 1.29 is 5.11 Å². The minimum Gasteiger partial charge on any atom is -0.388 e. The number of hydrogen-bond donors (Lipinski definition) is 3. The highest BCUT2D eigenvalue weighted by Crippen LogP contribution is 2.20. The molecule has 0 unspecified atom stereocenters. The maximum absolute atomic E-state index is 10.9. The average molecular weight is 533 g/mol. The van der Waals surface area contributed by atoms with Crippen LogP contribution in [0.3, 0.4) is 0 Å². The van der Waals surface area contributed by atoms with E-state index in [-0.39, 0.29) is 24.0 Å². The SMILES string of the molecule is CCCC(O)(CCC)CNC(=NCc1cccnc1N1CCN(C)CC1)NCC.I. The molecule has 0 aromatic carbocycles. The van der Waals surface area contributed by atoms with Gasteiger partial charge in [0.05, 0.1) is 12.1 Å². The molecule has 1 fully saturated rings. The third-order valence-electron chi connectivity index (χ3n) is 5.44. The number of anilines is 1. The van der Waals surface area contributed by atoms with E-state index >= 15 is 0 Å². The normalized spacial score (nSPS) is 15.6. The molecule has 0 atom stereocenters. The molecule has 0 amide bonds. The van der Waals surface area contributed by atoms with Crippen LogP contribution in [0, 0.1) is 0 Å². The maximum atomic E-state index is 10.9. The molecule has 8 heteroatoms. The van der Waals surface area contributed by atoms with Crippen LogP contribution in [-0.2, 0) is 6.54 Å². The van der Waals surface area contributed by atoms with Gasteiger partial charge < -0.3 is 25.5 Å². The molecule has 0 radical (unpaired) electrons. The van der Waals surface area contributed by atoms with Crippen LogP contribution in [0.5, 0.6) is 0 Å². The second-order valence-corrected chi connectivity index (χ2v) is 8.05. The second kappa shape index (κ2) is 14.0. The molecular formula is C22H41IN6O. The summed E-state index contributed by atoms with van der Waals surface area (Å²) in [4.78, 5) is 14.1. The molecule has 3 N–H and O–H groups in total. The lowest BCUT2D eigenvalue weighted by atomic mass is 9.93. The maximum Gasteiger partial charge on any atom is 0.191 e. The number of halogens is 1. The number of likely N-dealkylation sites (N-methyl/N-ethyl adjacent to an activating group) is 1. The fourth-order valence-corrected chi connectivity index (χ4v) is 3.84. The summed E-state index contributed by atoms with van der Waals surface area (Å²) in [5, 5.41) is 17.5. The summed E-state index contributed by atoms with van der Waals surface area (Å²) in [6.07, 6.45) is 5.39. The third-order valence-corrected chi connectivity index (χ3v) is 5.44. The van der Waals surface area contributed by atoms with Crippen LogP contribution in [0.2, 0.25) is 0 Å². The number of piperazine rings is 1. The summed E-state index contributed by atoms with van der Waals surface area (Å²) in [7, 11) is 2.16. The number of aliphatic imine (C=N–C) groups is 1. The zero-order valence-electron chi connectivity index (χ0n) is 19.2. The molecule has 2 rings (SSSR count). The van der Waals surface area contributed by atoms with Crippen molar-refractivity contribution in [3.05, 3.63) is 23.9 Å². The van der Waals surface area contributed by atoms with Crippen molar-refractivity contribution >= 4 is 35.8 Å². The first-order chi connectivity index (χ1) is 14.0. The zero-order chi connectivity index (χ0) is 21.1. The van der Waals surface area contributed by atoms with Gasteiger partial charge in [-0.3, -0.25) is 0 Å². The monoisotopic (exact) mass is 532 g/mol. The van der Waals surface area contributed by atoms with Gasteiger partial charge in [0.2, 0.25) is 0 Å². The lowest BCUT2D eigenvalue weighted by Gasteiger charge is -2.34. The minimum absolute atomic E-state index is 0. The molecule has 1 aromatic heterocycles. The molecule has 1 aliphatic heterocycles. The summed E-state index contributed by atoms with van der Waals surface area (Å²) >= 11 is 0. The Kier molecular flexibility index (Phi) is 12.6. The Labute approximate surface area is 199 Å². The molecule has 7 nitrogen and oxygen atoms in total. The van der Waals surface area contributed by atoms with Crippen LogP contribution >= 0.6 is 24.0 Å². The van der Waals surface area contributed by atoms with E-state index in [1.54, 1.807) is 0 Å². The number of nitrogens with one attached hydrogen (secondary N) is 2. The highest BCUT2D eigenvalue weighted by molar-refractivity contribution is 14.0. The van der Waals surface area contributed by atoms with E-state index in [4.69, 9.17) is 4.99 Å². The zero-order valence-corrected chi connectivity index (χ0v) is 21.5. The van der Waals surface area contributed by atoms with Gasteiger partial charge in [0.1, 0.15) is 5.82 Å². The Morgan fingerprint density at radius 1 is 1.13 bits per heavy atom. The van der Waals surface area contributed by atoms with Gasteiger partial charge in [-0.25, -0.2) is 9.98 Å². The molecule has 1 saturated heterocycles. The van der Waals surface area contributed by atoms with Crippen molar-refractivity contribution in [1.82, 2.24) is 20.5 Å². The quantitative estimate of drug-likeness (QED) is 0.245. The van der Waals surface area contributed by atoms with Crippen LogP contribution in [0.4, 0.5) is 5.82 Å². The van der Waals surface area contributed by atoms with E-state index < -0.39 is 5.60 Å². The largest absolute Gasteiger partial charge is 0.388 e. The highest BCUT2D eigenvalue weighted by atomic mass is 127. The smallest absolute Gasteiger partial charge is 0.191 e. The summed E-state index contributed by atoms with van der Waals surface area (Å²) in [6, 6.07) is 4.09. The first-order valence-corrected chi connectivity index (χ1v) is 11.1. The number of hydrogen-bond acceptors (Lipinski definition) is 5. The van der Waals surface area contributed by atoms with E-state index in [0.717, 1.165) is 75.7 Å². The molecule has 0 bridgehead atoms. The Morgan fingerprint density at radius 3 is 2.40 bits per heavy atom. The molecule has 172 valence electrons. The number of nitrogens with zero attached hydrogens (tertiary/aromatic N) is 4. The van der Waals surface area contributed by atoms with Gasteiger partial charge in [0, 0.05) is 51.0 Å². The summed E-state index contributed by atoms with van der Waals surface area (Å²) in [5.41, 5.74) is 0.450. The van der Waals surface area contributed by atoms with Crippen LogP contribution in [-0.4, -0.2) is 72.9 Å². The summed E-state index contributed by atoms with van der Waals surface area (Å²) in [5.74, 6) is 1.78. The highest BCUT2D eigenvalue weighted by Gasteiger charge is 2.25. The Balaban J connectivity index is 0.00000450. The van der Waals surface area contributed by atoms with E-state index in [0.29, 0.717) is 13.1 Å². The first kappa shape index (κ1) is 26.9. The average Bonchev–Trinajstić information content (AvgIpc) is 2.71. The van der Waals surface area contributed by atoms with Crippen LogP contribution in [0.15, 0.2) is 23.3 Å². The Bertz CT molecular complexity index is 628. The van der Waals surface area contributed by atoms with E-state index in [9.17, 15) is 5.11 Å². The minimum atomic E-state index is -0.682. The molecule has 0 aliphatic carbocycles.